The van der Waals surface area contributed by atoms with Crippen LogP contribution in [-0.2, 0) is 0 Å². The molecule has 2 rings (SSSR count). The van der Waals surface area contributed by atoms with Gasteiger partial charge in [0.05, 0.1) is 26.7 Å². The highest BCUT2D eigenvalue weighted by molar-refractivity contribution is 5.97. The Labute approximate surface area is 99.3 Å². The van der Waals surface area contributed by atoms with E-state index in [0.29, 0.717) is 22.6 Å². The van der Waals surface area contributed by atoms with Crippen LogP contribution in [-0.4, -0.2) is 26.4 Å². The van der Waals surface area contributed by atoms with Gasteiger partial charge in [0.2, 0.25) is 5.75 Å². The first-order valence-electron chi connectivity index (χ1n) is 5.13. The van der Waals surface area contributed by atoms with Crippen molar-refractivity contribution in [2.45, 2.75) is 0 Å². The molecule has 0 aliphatic heterocycles. The molecule has 17 heavy (non-hydrogen) atoms. The van der Waals surface area contributed by atoms with Gasteiger partial charge in [-0.2, -0.15) is 0 Å². The summed E-state index contributed by atoms with van der Waals surface area (Å²) in [6.07, 6.45) is 0. The molecule has 0 aliphatic carbocycles. The van der Waals surface area contributed by atoms with E-state index in [0.717, 1.165) is 5.39 Å². The number of rotatable bonds is 3. The molecule has 0 aromatic heterocycles. The Morgan fingerprint density at radius 2 is 1.65 bits per heavy atom. The molecule has 0 saturated heterocycles. The fourth-order valence-electron chi connectivity index (χ4n) is 1.90. The maximum atomic E-state index is 9.89. The summed E-state index contributed by atoms with van der Waals surface area (Å²) in [5, 5.41) is 11.3. The highest BCUT2D eigenvalue weighted by Gasteiger charge is 2.17. The number of hydrogen-bond donors (Lipinski definition) is 1. The Morgan fingerprint density at radius 3 is 2.24 bits per heavy atom. The molecule has 2 aromatic carbocycles. The standard InChI is InChI=1S/C13H14O4/c1-15-10-7-8-5-4-6-9(14)11(8)13(17-3)12(10)16-2/h4-7,14H,1-3H3. The van der Waals surface area contributed by atoms with Crippen LogP contribution in [0.25, 0.3) is 10.8 Å². The predicted molar refractivity (Wildman–Crippen MR) is 65.3 cm³/mol. The van der Waals surface area contributed by atoms with E-state index in [4.69, 9.17) is 14.2 Å². The molecule has 0 amide bonds. The maximum absolute atomic E-state index is 9.89. The summed E-state index contributed by atoms with van der Waals surface area (Å²) in [7, 11) is 4.63. The van der Waals surface area contributed by atoms with Gasteiger partial charge < -0.3 is 19.3 Å². The normalized spacial score (nSPS) is 10.3. The van der Waals surface area contributed by atoms with E-state index in [1.807, 2.05) is 6.07 Å². The number of benzene rings is 2. The smallest absolute Gasteiger partial charge is 0.204 e. The molecular weight excluding hydrogens is 220 g/mol. The Bertz CT molecular complexity index is 549. The summed E-state index contributed by atoms with van der Waals surface area (Å²) in [5.41, 5.74) is 0. The minimum atomic E-state index is 0.153. The largest absolute Gasteiger partial charge is 0.507 e. The number of ether oxygens (including phenoxy) is 3. The third-order valence-electron chi connectivity index (χ3n) is 2.65. The van der Waals surface area contributed by atoms with Crippen LogP contribution in [0, 0.1) is 0 Å². The van der Waals surface area contributed by atoms with Crippen molar-refractivity contribution in [2.24, 2.45) is 0 Å². The number of phenols is 1. The third-order valence-corrected chi connectivity index (χ3v) is 2.65. The summed E-state index contributed by atoms with van der Waals surface area (Å²) in [6.45, 7) is 0. The Hall–Kier alpha value is -2.10. The average molecular weight is 234 g/mol. The van der Waals surface area contributed by atoms with Gasteiger partial charge in [-0.25, -0.2) is 0 Å². The molecule has 2 aromatic rings. The average Bonchev–Trinajstić information content (AvgIpc) is 2.36. The molecule has 0 heterocycles. The topological polar surface area (TPSA) is 47.9 Å². The van der Waals surface area contributed by atoms with Crippen molar-refractivity contribution in [1.82, 2.24) is 0 Å². The zero-order valence-corrected chi connectivity index (χ0v) is 9.98. The van der Waals surface area contributed by atoms with Crippen molar-refractivity contribution in [3.05, 3.63) is 24.3 Å². The van der Waals surface area contributed by atoms with Crippen molar-refractivity contribution in [3.63, 3.8) is 0 Å². The second kappa shape index (κ2) is 4.41. The number of methoxy groups -OCH3 is 3. The molecule has 0 aliphatic rings. The fraction of sp³-hybridized carbons (Fsp3) is 0.231. The van der Waals surface area contributed by atoms with Gasteiger partial charge in [0.1, 0.15) is 5.75 Å². The van der Waals surface area contributed by atoms with E-state index < -0.39 is 0 Å². The van der Waals surface area contributed by atoms with Crippen molar-refractivity contribution >= 4 is 10.8 Å². The highest BCUT2D eigenvalue weighted by atomic mass is 16.5. The fourth-order valence-corrected chi connectivity index (χ4v) is 1.90. The van der Waals surface area contributed by atoms with E-state index in [-0.39, 0.29) is 5.75 Å². The minimum Gasteiger partial charge on any atom is -0.507 e. The molecule has 0 radical (unpaired) electrons. The molecule has 0 atom stereocenters. The highest BCUT2D eigenvalue weighted by Crippen LogP contribution is 2.46. The van der Waals surface area contributed by atoms with Crippen molar-refractivity contribution in [3.8, 4) is 23.0 Å². The second-order valence-corrected chi connectivity index (χ2v) is 3.52. The van der Waals surface area contributed by atoms with Crippen LogP contribution in [0.4, 0.5) is 0 Å². The zero-order chi connectivity index (χ0) is 12.4. The molecule has 0 unspecified atom stereocenters. The second-order valence-electron chi connectivity index (χ2n) is 3.52. The Kier molecular flexibility index (Phi) is 2.95. The Balaban J connectivity index is 2.90. The summed E-state index contributed by atoms with van der Waals surface area (Å²) in [5.74, 6) is 1.67. The Morgan fingerprint density at radius 1 is 0.941 bits per heavy atom. The monoisotopic (exact) mass is 234 g/mol. The summed E-state index contributed by atoms with van der Waals surface area (Å²) in [4.78, 5) is 0. The molecule has 1 N–H and O–H groups in total. The quantitative estimate of drug-likeness (QED) is 0.886. The van der Waals surface area contributed by atoms with Crippen LogP contribution < -0.4 is 14.2 Å². The third kappa shape index (κ3) is 1.71. The molecule has 0 spiro atoms. The van der Waals surface area contributed by atoms with Crippen LogP contribution in [0.2, 0.25) is 0 Å². The van der Waals surface area contributed by atoms with Gasteiger partial charge in [-0.15, -0.1) is 0 Å². The molecule has 90 valence electrons. The zero-order valence-electron chi connectivity index (χ0n) is 9.98. The lowest BCUT2D eigenvalue weighted by atomic mass is 10.1. The number of hydrogen-bond acceptors (Lipinski definition) is 4. The lowest BCUT2D eigenvalue weighted by molar-refractivity contribution is 0.326. The molecule has 0 bridgehead atoms. The molecule has 4 nitrogen and oxygen atoms in total. The molecule has 4 heteroatoms. The van der Waals surface area contributed by atoms with Gasteiger partial charge >= 0.3 is 0 Å². The van der Waals surface area contributed by atoms with Gasteiger partial charge in [-0.3, -0.25) is 0 Å². The van der Waals surface area contributed by atoms with E-state index in [1.54, 1.807) is 25.3 Å². The van der Waals surface area contributed by atoms with Gasteiger partial charge in [-0.05, 0) is 17.5 Å². The van der Waals surface area contributed by atoms with E-state index in [1.165, 1.54) is 14.2 Å². The van der Waals surface area contributed by atoms with Crippen molar-refractivity contribution < 1.29 is 19.3 Å². The van der Waals surface area contributed by atoms with E-state index in [9.17, 15) is 5.11 Å². The van der Waals surface area contributed by atoms with Gasteiger partial charge in [0.15, 0.2) is 11.5 Å². The SMILES string of the molecule is COc1cc2cccc(O)c2c(OC)c1OC. The first kappa shape index (κ1) is 11.4. The minimum absolute atomic E-state index is 0.153. The van der Waals surface area contributed by atoms with Gasteiger partial charge in [0, 0.05) is 0 Å². The van der Waals surface area contributed by atoms with Crippen LogP contribution in [0.5, 0.6) is 23.0 Å². The lowest BCUT2D eigenvalue weighted by Gasteiger charge is -2.15. The molecular formula is C13H14O4. The van der Waals surface area contributed by atoms with Crippen LogP contribution >= 0.6 is 0 Å². The number of phenolic OH excluding ortho intramolecular Hbond substituents is 1. The van der Waals surface area contributed by atoms with Crippen LogP contribution in [0.15, 0.2) is 24.3 Å². The summed E-state index contributed by atoms with van der Waals surface area (Å²) >= 11 is 0. The number of fused-ring (bicyclic) bond motifs is 1. The lowest BCUT2D eigenvalue weighted by Crippen LogP contribution is -1.96. The van der Waals surface area contributed by atoms with Gasteiger partial charge in [0.25, 0.3) is 0 Å². The van der Waals surface area contributed by atoms with Crippen molar-refractivity contribution in [2.75, 3.05) is 21.3 Å². The summed E-state index contributed by atoms with van der Waals surface area (Å²) in [6, 6.07) is 7.05. The van der Waals surface area contributed by atoms with E-state index >= 15 is 0 Å². The molecule has 0 saturated carbocycles. The molecule has 0 fully saturated rings. The van der Waals surface area contributed by atoms with Crippen LogP contribution in [0.1, 0.15) is 0 Å². The first-order chi connectivity index (χ1) is 8.22. The predicted octanol–water partition coefficient (Wildman–Crippen LogP) is 2.57. The maximum Gasteiger partial charge on any atom is 0.204 e. The van der Waals surface area contributed by atoms with Crippen molar-refractivity contribution in [1.29, 1.82) is 0 Å². The summed E-state index contributed by atoms with van der Waals surface area (Å²) < 4.78 is 15.8. The van der Waals surface area contributed by atoms with E-state index in [2.05, 4.69) is 0 Å². The van der Waals surface area contributed by atoms with Gasteiger partial charge in [-0.1, -0.05) is 12.1 Å². The van der Waals surface area contributed by atoms with Crippen LogP contribution in [0.3, 0.4) is 0 Å². The first-order valence-corrected chi connectivity index (χ1v) is 5.13. The number of aromatic hydroxyl groups is 1.